The SMILES string of the molecule is CCCCN1CC(C(=O)NC(Cc2cc(F)cc(F)c2)[C@H](O)[C@H]2C[C@@H](OCC)CCN2)[C@H](CC)C1=O. The number of hydrogen-bond donors (Lipinski definition) is 3. The van der Waals surface area contributed by atoms with Gasteiger partial charge in [-0.1, -0.05) is 20.3 Å². The molecule has 1 aromatic rings. The van der Waals surface area contributed by atoms with Gasteiger partial charge in [0.05, 0.1) is 30.1 Å². The maximum Gasteiger partial charge on any atom is 0.226 e. The highest BCUT2D eigenvalue weighted by atomic mass is 19.1. The molecule has 1 aromatic carbocycles. The van der Waals surface area contributed by atoms with Gasteiger partial charge < -0.3 is 25.4 Å². The van der Waals surface area contributed by atoms with Crippen molar-refractivity contribution in [2.75, 3.05) is 26.2 Å². The average Bonchev–Trinajstić information content (AvgIpc) is 3.16. The molecule has 0 saturated carbocycles. The van der Waals surface area contributed by atoms with Crippen molar-refractivity contribution in [1.29, 1.82) is 0 Å². The van der Waals surface area contributed by atoms with Crippen LogP contribution in [0.15, 0.2) is 18.2 Å². The summed E-state index contributed by atoms with van der Waals surface area (Å²) in [6.45, 7) is 8.06. The van der Waals surface area contributed by atoms with Crippen LogP contribution in [0.3, 0.4) is 0 Å². The minimum absolute atomic E-state index is 0.0103. The van der Waals surface area contributed by atoms with Gasteiger partial charge in [0.2, 0.25) is 11.8 Å². The molecule has 0 aliphatic carbocycles. The van der Waals surface area contributed by atoms with Crippen molar-refractivity contribution >= 4 is 11.8 Å². The molecule has 0 aromatic heterocycles. The van der Waals surface area contributed by atoms with E-state index in [-0.39, 0.29) is 30.4 Å². The average molecular weight is 510 g/mol. The third kappa shape index (κ3) is 7.23. The first-order valence-electron chi connectivity index (χ1n) is 13.3. The molecule has 2 aliphatic heterocycles. The van der Waals surface area contributed by atoms with Gasteiger partial charge in [0.25, 0.3) is 0 Å². The van der Waals surface area contributed by atoms with Crippen molar-refractivity contribution in [2.24, 2.45) is 11.8 Å². The number of carbonyl (C=O) groups is 2. The second kappa shape index (κ2) is 13.4. The fraction of sp³-hybridized carbons (Fsp3) is 0.704. The van der Waals surface area contributed by atoms with E-state index in [2.05, 4.69) is 17.6 Å². The third-order valence-corrected chi connectivity index (χ3v) is 7.41. The minimum atomic E-state index is -1.02. The number of aliphatic hydroxyl groups is 1. The zero-order chi connectivity index (χ0) is 26.2. The Hall–Kier alpha value is -2.10. The number of aliphatic hydroxyl groups excluding tert-OH is 1. The van der Waals surface area contributed by atoms with Gasteiger partial charge in [0.15, 0.2) is 0 Å². The lowest BCUT2D eigenvalue weighted by Gasteiger charge is -2.37. The summed E-state index contributed by atoms with van der Waals surface area (Å²) in [6, 6.07) is 2.07. The molecule has 36 heavy (non-hydrogen) atoms. The van der Waals surface area contributed by atoms with Crippen LogP contribution in [0.5, 0.6) is 0 Å². The Labute approximate surface area is 213 Å². The summed E-state index contributed by atoms with van der Waals surface area (Å²) in [7, 11) is 0. The zero-order valence-electron chi connectivity index (χ0n) is 21.6. The number of likely N-dealkylation sites (tertiary alicyclic amines) is 1. The molecule has 0 spiro atoms. The van der Waals surface area contributed by atoms with Gasteiger partial charge in [-0.3, -0.25) is 9.59 Å². The van der Waals surface area contributed by atoms with Crippen LogP contribution in [-0.4, -0.2) is 72.4 Å². The Bertz CT molecular complexity index is 864. The number of rotatable bonds is 12. The van der Waals surface area contributed by atoms with Gasteiger partial charge in [-0.15, -0.1) is 0 Å². The molecule has 9 heteroatoms. The summed E-state index contributed by atoms with van der Waals surface area (Å²) in [6.07, 6.45) is 2.77. The van der Waals surface area contributed by atoms with Crippen molar-refractivity contribution in [3.8, 4) is 0 Å². The summed E-state index contributed by atoms with van der Waals surface area (Å²) >= 11 is 0. The quantitative estimate of drug-likeness (QED) is 0.403. The first-order chi connectivity index (χ1) is 17.3. The molecule has 2 heterocycles. The molecule has 6 atom stereocenters. The smallest absolute Gasteiger partial charge is 0.226 e. The minimum Gasteiger partial charge on any atom is -0.389 e. The van der Waals surface area contributed by atoms with Crippen molar-refractivity contribution in [3.63, 3.8) is 0 Å². The lowest BCUT2D eigenvalue weighted by atomic mass is 9.88. The van der Waals surface area contributed by atoms with E-state index in [1.807, 2.05) is 13.8 Å². The molecular weight excluding hydrogens is 468 g/mol. The number of nitrogens with zero attached hydrogens (tertiary/aromatic N) is 1. The predicted molar refractivity (Wildman–Crippen MR) is 133 cm³/mol. The van der Waals surface area contributed by atoms with Crippen LogP contribution >= 0.6 is 0 Å². The van der Waals surface area contributed by atoms with E-state index in [0.29, 0.717) is 44.6 Å². The normalized spacial score (nSPS) is 26.2. The standard InChI is InChI=1S/C27H41F2N3O4/c1-4-7-10-32-16-22(21(5-2)27(32)35)26(34)31-24(13-17-11-18(28)14-19(29)12-17)25(33)23-15-20(36-6-3)8-9-30-23/h11-12,14,20-25,30,33H,4-10,13,15-16H2,1-3H3,(H,31,34)/t20-,21-,22?,23+,24?,25+/m0/s1. The molecule has 2 saturated heterocycles. The Kier molecular flexibility index (Phi) is 10.6. The van der Waals surface area contributed by atoms with Crippen LogP contribution in [-0.2, 0) is 20.7 Å². The number of ether oxygens (including phenoxy) is 1. The highest BCUT2D eigenvalue weighted by Crippen LogP contribution is 2.29. The number of nitrogens with one attached hydrogen (secondary N) is 2. The van der Waals surface area contributed by atoms with Gasteiger partial charge >= 0.3 is 0 Å². The molecule has 2 amide bonds. The van der Waals surface area contributed by atoms with Gasteiger partial charge in [-0.25, -0.2) is 8.78 Å². The molecule has 202 valence electrons. The van der Waals surface area contributed by atoms with Gasteiger partial charge in [-0.05, 0) is 63.3 Å². The fourth-order valence-corrected chi connectivity index (χ4v) is 5.51. The highest BCUT2D eigenvalue weighted by Gasteiger charge is 2.44. The second-order valence-electron chi connectivity index (χ2n) is 10.0. The number of hydrogen-bond acceptors (Lipinski definition) is 5. The highest BCUT2D eigenvalue weighted by molar-refractivity contribution is 5.91. The summed E-state index contributed by atoms with van der Waals surface area (Å²) in [5, 5.41) is 17.6. The maximum atomic E-state index is 13.9. The van der Waals surface area contributed by atoms with Gasteiger partial charge in [0, 0.05) is 31.8 Å². The van der Waals surface area contributed by atoms with Gasteiger partial charge in [0.1, 0.15) is 11.6 Å². The Balaban J connectivity index is 1.79. The number of amides is 2. The molecule has 2 aliphatic rings. The molecule has 3 N–H and O–H groups in total. The summed E-state index contributed by atoms with van der Waals surface area (Å²) in [5.74, 6) is -2.70. The molecule has 0 bridgehead atoms. The molecule has 2 unspecified atom stereocenters. The largest absolute Gasteiger partial charge is 0.389 e. The maximum absolute atomic E-state index is 13.9. The fourth-order valence-electron chi connectivity index (χ4n) is 5.51. The monoisotopic (exact) mass is 509 g/mol. The van der Waals surface area contributed by atoms with E-state index in [1.165, 1.54) is 12.1 Å². The van der Waals surface area contributed by atoms with E-state index < -0.39 is 35.6 Å². The molecule has 7 nitrogen and oxygen atoms in total. The van der Waals surface area contributed by atoms with Crippen molar-refractivity contribution in [2.45, 2.75) is 83.6 Å². The van der Waals surface area contributed by atoms with Crippen LogP contribution in [0.25, 0.3) is 0 Å². The van der Waals surface area contributed by atoms with E-state index >= 15 is 0 Å². The van der Waals surface area contributed by atoms with Crippen LogP contribution in [0.4, 0.5) is 8.78 Å². The zero-order valence-corrected chi connectivity index (χ0v) is 21.6. The number of benzene rings is 1. The van der Waals surface area contributed by atoms with E-state index in [0.717, 1.165) is 25.3 Å². The number of halogens is 2. The molecule has 2 fully saturated rings. The third-order valence-electron chi connectivity index (χ3n) is 7.41. The lowest BCUT2D eigenvalue weighted by Crippen LogP contribution is -2.58. The Morgan fingerprint density at radius 2 is 1.97 bits per heavy atom. The summed E-state index contributed by atoms with van der Waals surface area (Å²) in [5.41, 5.74) is 0.341. The van der Waals surface area contributed by atoms with E-state index in [9.17, 15) is 23.5 Å². The van der Waals surface area contributed by atoms with Crippen molar-refractivity contribution in [1.82, 2.24) is 15.5 Å². The number of piperidine rings is 1. The van der Waals surface area contributed by atoms with Crippen molar-refractivity contribution < 1.29 is 28.2 Å². The van der Waals surface area contributed by atoms with Crippen LogP contribution in [0.2, 0.25) is 0 Å². The number of unbranched alkanes of at least 4 members (excludes halogenated alkanes) is 1. The predicted octanol–water partition coefficient (Wildman–Crippen LogP) is 2.79. The van der Waals surface area contributed by atoms with E-state index in [1.54, 1.807) is 4.90 Å². The number of carbonyl (C=O) groups excluding carboxylic acids is 2. The van der Waals surface area contributed by atoms with Crippen LogP contribution < -0.4 is 10.6 Å². The van der Waals surface area contributed by atoms with Gasteiger partial charge in [-0.2, -0.15) is 0 Å². The van der Waals surface area contributed by atoms with Crippen LogP contribution in [0.1, 0.15) is 58.4 Å². The lowest BCUT2D eigenvalue weighted by molar-refractivity contribution is -0.134. The topological polar surface area (TPSA) is 90.9 Å². The van der Waals surface area contributed by atoms with Crippen molar-refractivity contribution in [3.05, 3.63) is 35.4 Å². The Morgan fingerprint density at radius 1 is 1.25 bits per heavy atom. The first-order valence-corrected chi connectivity index (χ1v) is 13.3. The summed E-state index contributed by atoms with van der Waals surface area (Å²) < 4.78 is 33.6. The second-order valence-corrected chi connectivity index (χ2v) is 10.0. The summed E-state index contributed by atoms with van der Waals surface area (Å²) in [4.78, 5) is 28.1. The molecular formula is C27H41F2N3O4. The molecule has 3 rings (SSSR count). The molecule has 0 radical (unpaired) electrons. The Morgan fingerprint density at radius 3 is 2.61 bits per heavy atom. The first kappa shape index (κ1) is 28.5. The van der Waals surface area contributed by atoms with E-state index in [4.69, 9.17) is 4.74 Å². The van der Waals surface area contributed by atoms with Crippen LogP contribution in [0, 0.1) is 23.5 Å².